The van der Waals surface area contributed by atoms with Crippen molar-refractivity contribution in [2.24, 2.45) is 16.7 Å². The molecule has 1 aromatic carbocycles. The summed E-state index contributed by atoms with van der Waals surface area (Å²) in [5.41, 5.74) is 4.98. The van der Waals surface area contributed by atoms with Gasteiger partial charge in [0, 0.05) is 76.0 Å². The largest absolute Gasteiger partial charge is 0.465 e. The topological polar surface area (TPSA) is 161 Å². The van der Waals surface area contributed by atoms with Crippen molar-refractivity contribution in [1.29, 1.82) is 0 Å². The Hall–Kier alpha value is -4.44. The number of nitrogens with one attached hydrogen (secondary N) is 2. The summed E-state index contributed by atoms with van der Waals surface area (Å²) in [6.45, 7) is 15.2. The van der Waals surface area contributed by atoms with Gasteiger partial charge in [-0.25, -0.2) is 14.8 Å². The zero-order valence-corrected chi connectivity index (χ0v) is 35.4. The Morgan fingerprint density at radius 2 is 1.71 bits per heavy atom. The van der Waals surface area contributed by atoms with Gasteiger partial charge in [0.05, 0.1) is 41.3 Å². The summed E-state index contributed by atoms with van der Waals surface area (Å²) in [6.07, 6.45) is 4.21. The van der Waals surface area contributed by atoms with Crippen LogP contribution >= 0.6 is 11.3 Å². The number of rotatable bonds is 12. The van der Waals surface area contributed by atoms with Crippen molar-refractivity contribution >= 4 is 40.8 Å². The molecule has 5 heterocycles. The first kappa shape index (κ1) is 41.7. The molecule has 4 atom stereocenters. The maximum Gasteiger partial charge on any atom is 0.339 e. The number of thiazole rings is 1. The predicted molar refractivity (Wildman–Crippen MR) is 222 cm³/mol. The molecule has 1 saturated carbocycles. The molecule has 0 bridgehead atoms. The van der Waals surface area contributed by atoms with Gasteiger partial charge in [0.25, 0.3) is 0 Å². The smallest absolute Gasteiger partial charge is 0.339 e. The average molecular weight is 815 g/mol. The van der Waals surface area contributed by atoms with E-state index >= 15 is 0 Å². The Morgan fingerprint density at radius 3 is 2.29 bits per heavy atom. The van der Waals surface area contributed by atoms with Gasteiger partial charge >= 0.3 is 5.97 Å². The lowest BCUT2D eigenvalue weighted by Crippen LogP contribution is -2.68. The van der Waals surface area contributed by atoms with Crippen LogP contribution in [0, 0.1) is 23.7 Å². The lowest BCUT2D eigenvalue weighted by atomic mass is 9.60. The van der Waals surface area contributed by atoms with E-state index in [1.165, 1.54) is 7.11 Å². The van der Waals surface area contributed by atoms with E-state index in [9.17, 15) is 24.3 Å². The van der Waals surface area contributed by atoms with Crippen molar-refractivity contribution in [2.75, 3.05) is 71.0 Å². The fourth-order valence-corrected chi connectivity index (χ4v) is 9.96. The minimum absolute atomic E-state index is 0.133. The van der Waals surface area contributed by atoms with Crippen molar-refractivity contribution < 1.29 is 29.0 Å². The second kappa shape index (κ2) is 17.0. The molecule has 2 aromatic heterocycles. The van der Waals surface area contributed by atoms with E-state index in [0.29, 0.717) is 23.4 Å². The number of carbonyl (C=O) groups is 4. The van der Waals surface area contributed by atoms with Gasteiger partial charge in [-0.1, -0.05) is 45.0 Å². The number of aromatic nitrogens is 2. The summed E-state index contributed by atoms with van der Waals surface area (Å²) >= 11 is 1.59. The van der Waals surface area contributed by atoms with Crippen LogP contribution in [0.5, 0.6) is 0 Å². The Balaban J connectivity index is 0.883. The summed E-state index contributed by atoms with van der Waals surface area (Å²) in [6, 6.07) is 10.3. The Morgan fingerprint density at radius 1 is 1.00 bits per heavy atom. The van der Waals surface area contributed by atoms with E-state index in [2.05, 4.69) is 35.3 Å². The molecule has 3 aromatic rings. The molecule has 3 amide bonds. The second-order valence-corrected chi connectivity index (χ2v) is 18.8. The normalized spacial score (nSPS) is 22.2. The summed E-state index contributed by atoms with van der Waals surface area (Å²) in [4.78, 5) is 71.9. The number of hydrogen-bond acceptors (Lipinski definition) is 12. The van der Waals surface area contributed by atoms with Crippen molar-refractivity contribution in [1.82, 2.24) is 35.3 Å². The van der Waals surface area contributed by atoms with Crippen molar-refractivity contribution in [3.05, 3.63) is 64.9 Å². The van der Waals surface area contributed by atoms with Gasteiger partial charge in [0.2, 0.25) is 17.7 Å². The third kappa shape index (κ3) is 8.92. The molecule has 4 aliphatic rings. The van der Waals surface area contributed by atoms with E-state index in [1.807, 2.05) is 70.5 Å². The Labute approximate surface area is 345 Å². The van der Waals surface area contributed by atoms with Crippen LogP contribution in [0.2, 0.25) is 0 Å². The molecule has 0 radical (unpaired) electrons. The van der Waals surface area contributed by atoms with Crippen LogP contribution < -0.4 is 15.5 Å². The van der Waals surface area contributed by atoms with Gasteiger partial charge in [0.15, 0.2) is 0 Å². The number of ether oxygens (including phenoxy) is 1. The number of benzene rings is 1. The molecule has 58 heavy (non-hydrogen) atoms. The average Bonchev–Trinajstić information content (AvgIpc) is 3.82. The highest BCUT2D eigenvalue weighted by molar-refractivity contribution is 7.13. The molecule has 312 valence electrons. The standard InChI is InChI=1S/C43H58N8O6S/c1-27(30-7-9-31(10-8-30)37-28(2)45-26-58-37)46-39(54)34-17-29(23-52)21-51(34)40(55)38(42(3,4)5)47-36(53)22-48-13-15-49(16-14-48)33-18-43(19-33)24-50(25-43)35-12-11-32(20-44-35)41(56)57-6/h7-12,20,26-27,29,33-34,38,52H,13-19,21-25H2,1-6H3,(H,46,54)(H,47,53)/t27-,29+,34-,38+/m0/s1. The number of piperazine rings is 1. The maximum absolute atomic E-state index is 14.3. The molecule has 3 N–H and O–H groups in total. The number of nitrogens with zero attached hydrogens (tertiary/aromatic N) is 6. The molecule has 4 fully saturated rings. The number of likely N-dealkylation sites (tertiary alicyclic amines) is 1. The van der Waals surface area contributed by atoms with Crippen molar-refractivity contribution in [2.45, 2.75) is 78.0 Å². The number of anilines is 1. The van der Waals surface area contributed by atoms with Gasteiger partial charge in [-0.2, -0.15) is 0 Å². The number of pyridine rings is 1. The summed E-state index contributed by atoms with van der Waals surface area (Å²) in [7, 11) is 1.37. The van der Waals surface area contributed by atoms with E-state index < -0.39 is 17.5 Å². The number of amides is 3. The number of esters is 1. The number of aliphatic hydroxyl groups excluding tert-OH is 1. The van der Waals surface area contributed by atoms with E-state index in [-0.39, 0.29) is 55.3 Å². The molecule has 3 aliphatic heterocycles. The summed E-state index contributed by atoms with van der Waals surface area (Å²) in [5.74, 6) is -0.522. The fraction of sp³-hybridized carbons (Fsp3) is 0.581. The fourth-order valence-electron chi connectivity index (χ4n) is 9.15. The third-order valence-electron chi connectivity index (χ3n) is 12.6. The molecule has 1 spiro atoms. The highest BCUT2D eigenvalue weighted by Crippen LogP contribution is 2.51. The van der Waals surface area contributed by atoms with Crippen molar-refractivity contribution in [3.63, 3.8) is 0 Å². The van der Waals surface area contributed by atoms with Crippen LogP contribution in [0.15, 0.2) is 48.1 Å². The molecular weight excluding hydrogens is 757 g/mol. The van der Waals surface area contributed by atoms with Gasteiger partial charge in [0.1, 0.15) is 17.9 Å². The molecule has 7 rings (SSSR count). The van der Waals surface area contributed by atoms with Crippen LogP contribution in [-0.2, 0) is 19.1 Å². The number of methoxy groups -OCH3 is 1. The van der Waals surface area contributed by atoms with Crippen LogP contribution in [0.4, 0.5) is 5.82 Å². The maximum atomic E-state index is 14.3. The molecule has 0 unspecified atom stereocenters. The minimum Gasteiger partial charge on any atom is -0.465 e. The van der Waals surface area contributed by atoms with E-state index in [0.717, 1.165) is 79.6 Å². The number of hydrogen-bond donors (Lipinski definition) is 3. The zero-order chi connectivity index (χ0) is 41.4. The lowest BCUT2D eigenvalue weighted by molar-refractivity contribution is -0.144. The van der Waals surface area contributed by atoms with Crippen LogP contribution in [0.25, 0.3) is 10.4 Å². The first-order valence-electron chi connectivity index (χ1n) is 20.4. The molecule has 1 aliphatic carbocycles. The third-order valence-corrected chi connectivity index (χ3v) is 13.6. The molecular formula is C43H58N8O6S. The van der Waals surface area contributed by atoms with Crippen LogP contribution in [0.1, 0.15) is 74.6 Å². The van der Waals surface area contributed by atoms with Gasteiger partial charge in [-0.3, -0.25) is 24.2 Å². The van der Waals surface area contributed by atoms with Gasteiger partial charge in [-0.15, -0.1) is 11.3 Å². The first-order valence-corrected chi connectivity index (χ1v) is 21.3. The Bertz CT molecular complexity index is 1940. The summed E-state index contributed by atoms with van der Waals surface area (Å²) in [5, 5.41) is 16.3. The lowest BCUT2D eigenvalue weighted by Gasteiger charge is -2.62. The highest BCUT2D eigenvalue weighted by Gasteiger charge is 2.54. The SMILES string of the molecule is COC(=O)c1ccc(N2CC3(CC(N4CCN(CC(=O)N[C@H](C(=O)N5C[C@H](CO)C[C@H]5C(=O)N[C@@H](C)c5ccc(-c6scnc6C)cc5)C(C)(C)C)CC4)C3)C2)nc1. The monoisotopic (exact) mass is 814 g/mol. The Kier molecular flexibility index (Phi) is 12.3. The van der Waals surface area contributed by atoms with Crippen molar-refractivity contribution in [3.8, 4) is 10.4 Å². The number of aliphatic hydroxyl groups is 1. The predicted octanol–water partition coefficient (Wildman–Crippen LogP) is 3.50. The minimum atomic E-state index is -0.844. The highest BCUT2D eigenvalue weighted by atomic mass is 32.1. The van der Waals surface area contributed by atoms with E-state index in [4.69, 9.17) is 4.74 Å². The first-order chi connectivity index (χ1) is 27.7. The van der Waals surface area contributed by atoms with E-state index in [1.54, 1.807) is 28.5 Å². The quantitative estimate of drug-likeness (QED) is 0.230. The number of carbonyl (C=O) groups excluding carboxylic acids is 4. The van der Waals surface area contributed by atoms with Crippen LogP contribution in [-0.4, -0.2) is 138 Å². The zero-order valence-electron chi connectivity index (χ0n) is 34.6. The summed E-state index contributed by atoms with van der Waals surface area (Å²) < 4.78 is 4.78. The molecule has 15 heteroatoms. The van der Waals surface area contributed by atoms with Crippen LogP contribution in [0.3, 0.4) is 0 Å². The second-order valence-electron chi connectivity index (χ2n) is 17.9. The van der Waals surface area contributed by atoms with Gasteiger partial charge in [-0.05, 0) is 61.8 Å². The molecule has 14 nitrogen and oxygen atoms in total. The van der Waals surface area contributed by atoms with Gasteiger partial charge < -0.3 is 30.3 Å². The number of aryl methyl sites for hydroxylation is 1. The molecule has 3 saturated heterocycles.